The van der Waals surface area contributed by atoms with Crippen molar-refractivity contribution in [2.75, 3.05) is 33.7 Å². The molecule has 1 saturated heterocycles. The summed E-state index contributed by atoms with van der Waals surface area (Å²) in [5.41, 5.74) is -5.43. The zero-order chi connectivity index (χ0) is 63.8. The van der Waals surface area contributed by atoms with Crippen molar-refractivity contribution in [1.29, 1.82) is 0 Å². The molecule has 1 aromatic rings. The molecule has 480 valence electrons. The van der Waals surface area contributed by atoms with E-state index in [4.69, 9.17) is 0 Å². The van der Waals surface area contributed by atoms with E-state index in [1.165, 1.54) is 58.6 Å². The Morgan fingerprint density at radius 3 is 1.81 bits per heavy atom. The maximum absolute atomic E-state index is 14.4. The molecule has 3 fully saturated rings. The number of likely N-dealkylation sites (N-methyl/N-ethyl adjacent to an activating group) is 1. The number of rotatable bonds is 31. The highest BCUT2D eigenvalue weighted by Crippen LogP contribution is 2.33. The Hall–Kier alpha value is -5.95. The van der Waals surface area contributed by atoms with E-state index in [1.54, 1.807) is 13.8 Å². The third kappa shape index (κ3) is 22.7. The normalized spacial score (nSPS) is 18.5. The molecule has 3 aliphatic rings. The molecular formula is C60H97F4N11O10. The predicted molar refractivity (Wildman–Crippen MR) is 312 cm³/mol. The van der Waals surface area contributed by atoms with Gasteiger partial charge in [0.15, 0.2) is 0 Å². The van der Waals surface area contributed by atoms with E-state index < -0.39 is 119 Å². The van der Waals surface area contributed by atoms with E-state index >= 15 is 0 Å². The summed E-state index contributed by atoms with van der Waals surface area (Å²) in [4.78, 5) is 128. The zero-order valence-electron chi connectivity index (χ0n) is 52.0. The molecule has 0 radical (unpaired) electrons. The van der Waals surface area contributed by atoms with Gasteiger partial charge in [0, 0.05) is 31.6 Å². The molecule has 2 saturated carbocycles. The molecule has 25 heteroatoms. The van der Waals surface area contributed by atoms with Gasteiger partial charge in [0.25, 0.3) is 5.91 Å². The highest BCUT2D eigenvalue weighted by Gasteiger charge is 2.44. The number of hydrogen-bond acceptors (Lipinski definition) is 12. The van der Waals surface area contributed by atoms with Crippen molar-refractivity contribution in [3.8, 4) is 0 Å². The van der Waals surface area contributed by atoms with Gasteiger partial charge in [-0.3, -0.25) is 48.5 Å². The minimum atomic E-state index is -4.97. The average molecular weight is 1210 g/mol. The van der Waals surface area contributed by atoms with E-state index in [2.05, 4.69) is 47.9 Å². The molecule has 1 heterocycles. The van der Waals surface area contributed by atoms with Crippen LogP contribution in [-0.4, -0.2) is 167 Å². The van der Waals surface area contributed by atoms with Crippen LogP contribution < -0.4 is 47.9 Å². The molecule has 0 spiro atoms. The van der Waals surface area contributed by atoms with Gasteiger partial charge in [-0.25, -0.2) is 4.39 Å². The van der Waals surface area contributed by atoms with Crippen LogP contribution in [0.15, 0.2) is 24.3 Å². The van der Waals surface area contributed by atoms with Gasteiger partial charge in [-0.1, -0.05) is 59.8 Å². The summed E-state index contributed by atoms with van der Waals surface area (Å²) in [6.07, 6.45) is 0.358. The first-order chi connectivity index (χ1) is 39.4. The van der Waals surface area contributed by atoms with Gasteiger partial charge in [0.2, 0.25) is 47.3 Å². The second-order valence-electron chi connectivity index (χ2n) is 26.4. The molecule has 2 aliphatic carbocycles. The number of aliphatic hydroxyl groups excluding tert-OH is 1. The van der Waals surface area contributed by atoms with Gasteiger partial charge in [-0.15, -0.1) is 0 Å². The Morgan fingerprint density at radius 2 is 1.26 bits per heavy atom. The summed E-state index contributed by atoms with van der Waals surface area (Å²) in [6, 6.07) is -1.94. The minimum Gasteiger partial charge on any atom is -0.376 e. The number of nitrogens with one attached hydrogen (secondary N) is 9. The molecule has 4 rings (SSSR count). The monoisotopic (exact) mass is 1210 g/mol. The minimum absolute atomic E-state index is 0.0329. The SMILES string of the molecule is CC(C)C[C@H](NC(=O)[C@H](CCC1CCCCC1)NC(=O)[C@@H]1CCCN1C(=O)c1ccc(F)cc1)C(=O)NC(C)(C)C(=O)N[C@@H](CC(C)C)C(=O)N[C@@H](CC(F)(F)F)C(O)NC(C)(C)C(=O)NC(C)(C)C(=O)NCCC(=O)NC1(CN(C)C)CCC1. The molecule has 1 unspecified atom stereocenters. The van der Waals surface area contributed by atoms with Crippen molar-refractivity contribution < 1.29 is 65.8 Å². The Kier molecular flexibility index (Phi) is 26.2. The van der Waals surface area contributed by atoms with Crippen LogP contribution in [-0.2, 0) is 38.4 Å². The fourth-order valence-electron chi connectivity index (χ4n) is 11.1. The first kappa shape index (κ1) is 71.5. The molecule has 0 aromatic heterocycles. The lowest BCUT2D eigenvalue weighted by Crippen LogP contribution is -2.66. The molecule has 6 atom stereocenters. The first-order valence-electron chi connectivity index (χ1n) is 30.1. The number of nitrogens with zero attached hydrogens (tertiary/aromatic N) is 2. The fraction of sp³-hybridized carbons (Fsp3) is 0.750. The highest BCUT2D eigenvalue weighted by atomic mass is 19.4. The number of halogens is 4. The van der Waals surface area contributed by atoms with Crippen LogP contribution in [0.25, 0.3) is 0 Å². The second kappa shape index (κ2) is 31.1. The summed E-state index contributed by atoms with van der Waals surface area (Å²) in [7, 11) is 3.83. The number of aliphatic hydroxyl groups is 1. The summed E-state index contributed by atoms with van der Waals surface area (Å²) >= 11 is 0. The van der Waals surface area contributed by atoms with Crippen molar-refractivity contribution in [3.05, 3.63) is 35.6 Å². The van der Waals surface area contributed by atoms with Crippen LogP contribution in [0.3, 0.4) is 0 Å². The van der Waals surface area contributed by atoms with Gasteiger partial charge >= 0.3 is 6.18 Å². The number of carbonyl (C=O) groups excluding carboxylic acids is 9. The number of likely N-dealkylation sites (tertiary alicyclic amines) is 1. The van der Waals surface area contributed by atoms with E-state index in [0.29, 0.717) is 31.7 Å². The van der Waals surface area contributed by atoms with Crippen molar-refractivity contribution in [1.82, 2.24) is 57.7 Å². The summed E-state index contributed by atoms with van der Waals surface area (Å²) < 4.78 is 56.3. The molecule has 9 amide bonds. The van der Waals surface area contributed by atoms with Crippen LogP contribution in [0.4, 0.5) is 17.6 Å². The third-order valence-corrected chi connectivity index (χ3v) is 16.0. The Labute approximate surface area is 498 Å². The number of alkyl halides is 3. The van der Waals surface area contributed by atoms with E-state index in [0.717, 1.165) is 63.5 Å². The van der Waals surface area contributed by atoms with Crippen molar-refractivity contribution in [2.45, 2.75) is 237 Å². The average Bonchev–Trinajstić information content (AvgIpc) is 2.64. The number of benzene rings is 1. The zero-order valence-corrected chi connectivity index (χ0v) is 52.0. The van der Waals surface area contributed by atoms with Gasteiger partial charge < -0.3 is 57.4 Å². The predicted octanol–water partition coefficient (Wildman–Crippen LogP) is 4.36. The summed E-state index contributed by atoms with van der Waals surface area (Å²) in [5, 5.41) is 35.1. The van der Waals surface area contributed by atoms with E-state index in [-0.39, 0.29) is 67.6 Å². The van der Waals surface area contributed by atoms with Crippen molar-refractivity contribution >= 4 is 53.2 Å². The molecule has 21 nitrogen and oxygen atoms in total. The summed E-state index contributed by atoms with van der Waals surface area (Å²) in [6.45, 7) is 15.8. The largest absolute Gasteiger partial charge is 0.391 e. The van der Waals surface area contributed by atoms with Crippen LogP contribution >= 0.6 is 0 Å². The standard InChI is InChI=1S/C60H97F4N11O10/c1-36(2)32-42(48(78)68-44(34-60(62,63)64)50(80)72-58(9,10)55(85)73-56(5,6)53(83)65-30-27-46(76)70-59(28-17-29-59)35-74(11)12)69-54(84)57(7,8)71-49(79)43(33-37(3)4)67-47(77)41(26-21-38-18-14-13-15-19-38)66-51(81)45-20-16-31-75(45)52(82)39-22-24-40(61)25-23-39/h22-25,36-38,41-45,50,72,80H,13-21,26-35H2,1-12H3,(H,65,83)(H,66,81)(H,67,77)(H,68,78)(H,69,84)(H,70,76)(H,71,79)(H,73,85)/t41-,42-,43-,44-,45-,50?/m0/s1. The third-order valence-electron chi connectivity index (χ3n) is 16.0. The van der Waals surface area contributed by atoms with Crippen LogP contribution in [0, 0.1) is 23.6 Å². The quantitative estimate of drug-likeness (QED) is 0.0367. The molecule has 1 aromatic carbocycles. The number of amides is 9. The van der Waals surface area contributed by atoms with E-state index in [9.17, 15) is 65.8 Å². The lowest BCUT2D eigenvalue weighted by Gasteiger charge is -2.44. The maximum Gasteiger partial charge on any atom is 0.391 e. The lowest BCUT2D eigenvalue weighted by molar-refractivity contribution is -0.153. The summed E-state index contributed by atoms with van der Waals surface area (Å²) in [5.74, 6) is -7.09. The van der Waals surface area contributed by atoms with E-state index in [1.807, 2.05) is 32.8 Å². The first-order valence-corrected chi connectivity index (χ1v) is 30.1. The highest BCUT2D eigenvalue weighted by molar-refractivity contribution is 6.00. The van der Waals surface area contributed by atoms with Crippen LogP contribution in [0.2, 0.25) is 0 Å². The maximum atomic E-state index is 14.4. The van der Waals surface area contributed by atoms with Crippen molar-refractivity contribution in [3.63, 3.8) is 0 Å². The van der Waals surface area contributed by atoms with Gasteiger partial charge in [0.05, 0.1) is 23.5 Å². The topological polar surface area (TPSA) is 289 Å². The van der Waals surface area contributed by atoms with Crippen LogP contribution in [0.1, 0.15) is 182 Å². The van der Waals surface area contributed by atoms with Crippen LogP contribution in [0.5, 0.6) is 0 Å². The van der Waals surface area contributed by atoms with Gasteiger partial charge in [-0.2, -0.15) is 13.2 Å². The second-order valence-corrected chi connectivity index (χ2v) is 26.4. The Bertz CT molecular complexity index is 2460. The smallest absolute Gasteiger partial charge is 0.376 e. The lowest BCUT2D eigenvalue weighted by atomic mass is 9.76. The number of hydrogen-bond donors (Lipinski definition) is 10. The molecule has 0 bridgehead atoms. The van der Waals surface area contributed by atoms with Gasteiger partial charge in [-0.05, 0) is 155 Å². The molecule has 1 aliphatic heterocycles. The molecule has 85 heavy (non-hydrogen) atoms. The van der Waals surface area contributed by atoms with Gasteiger partial charge in [0.1, 0.15) is 47.3 Å². The number of carbonyl (C=O) groups is 9. The fourth-order valence-corrected chi connectivity index (χ4v) is 11.1. The Morgan fingerprint density at radius 1 is 0.682 bits per heavy atom. The van der Waals surface area contributed by atoms with Crippen molar-refractivity contribution in [2.24, 2.45) is 17.8 Å². The Balaban J connectivity index is 1.43. The molecule has 10 N–H and O–H groups in total. The molecular weight excluding hydrogens is 1110 g/mol.